The second-order valence-corrected chi connectivity index (χ2v) is 7.91. The lowest BCUT2D eigenvalue weighted by Crippen LogP contribution is -2.38. The van der Waals surface area contributed by atoms with Crippen molar-refractivity contribution in [2.75, 3.05) is 20.1 Å². The number of aryl methyl sites for hydroxylation is 2. The Morgan fingerprint density at radius 2 is 1.81 bits per heavy atom. The van der Waals surface area contributed by atoms with Crippen molar-refractivity contribution in [3.05, 3.63) is 64.9 Å². The summed E-state index contributed by atoms with van der Waals surface area (Å²) in [5, 5.41) is 2.62. The Balaban J connectivity index is 1.52. The van der Waals surface area contributed by atoms with E-state index in [1.54, 1.807) is 37.2 Å². The Morgan fingerprint density at radius 1 is 1.12 bits per heavy atom. The molecule has 0 spiro atoms. The SMILES string of the molecule is CNC(=O)c1[nH]c(C2CCN(C(=O)c3cnc(C)nc3C)CC2)nc1-c1ccc(F)cc1. The molecule has 166 valence electrons. The van der Waals surface area contributed by atoms with Crippen LogP contribution < -0.4 is 5.32 Å². The van der Waals surface area contributed by atoms with Gasteiger partial charge in [-0.1, -0.05) is 0 Å². The van der Waals surface area contributed by atoms with Crippen LogP contribution in [0.2, 0.25) is 0 Å². The number of hydrogen-bond donors (Lipinski definition) is 2. The number of benzene rings is 1. The highest BCUT2D eigenvalue weighted by atomic mass is 19.1. The van der Waals surface area contributed by atoms with Crippen molar-refractivity contribution in [1.82, 2.24) is 30.2 Å². The average molecular weight is 436 g/mol. The first-order valence-corrected chi connectivity index (χ1v) is 10.5. The summed E-state index contributed by atoms with van der Waals surface area (Å²) in [6, 6.07) is 5.90. The van der Waals surface area contributed by atoms with Gasteiger partial charge >= 0.3 is 0 Å². The van der Waals surface area contributed by atoms with Gasteiger partial charge in [0.15, 0.2) is 0 Å². The van der Waals surface area contributed by atoms with Gasteiger partial charge < -0.3 is 15.2 Å². The molecule has 0 bridgehead atoms. The first-order chi connectivity index (χ1) is 15.4. The van der Waals surface area contributed by atoms with Crippen molar-refractivity contribution in [2.24, 2.45) is 0 Å². The monoisotopic (exact) mass is 436 g/mol. The normalized spacial score (nSPS) is 14.4. The molecule has 0 radical (unpaired) electrons. The number of halogens is 1. The van der Waals surface area contributed by atoms with E-state index < -0.39 is 0 Å². The molecule has 9 heteroatoms. The number of imidazole rings is 1. The van der Waals surface area contributed by atoms with Crippen LogP contribution >= 0.6 is 0 Å². The first kappa shape index (κ1) is 21.6. The predicted octanol–water partition coefficient (Wildman–Crippen LogP) is 3.00. The van der Waals surface area contributed by atoms with Gasteiger partial charge in [0.1, 0.15) is 28.9 Å². The number of aromatic nitrogens is 4. The first-order valence-electron chi connectivity index (χ1n) is 10.5. The molecule has 0 atom stereocenters. The lowest BCUT2D eigenvalue weighted by Gasteiger charge is -2.31. The zero-order valence-corrected chi connectivity index (χ0v) is 18.3. The van der Waals surface area contributed by atoms with E-state index in [-0.39, 0.29) is 23.5 Å². The Labute approximate surface area is 185 Å². The summed E-state index contributed by atoms with van der Waals surface area (Å²) in [4.78, 5) is 43.4. The van der Waals surface area contributed by atoms with Crippen molar-refractivity contribution in [1.29, 1.82) is 0 Å². The van der Waals surface area contributed by atoms with E-state index in [1.165, 1.54) is 12.1 Å². The smallest absolute Gasteiger partial charge is 0.269 e. The van der Waals surface area contributed by atoms with Gasteiger partial charge in [-0.15, -0.1) is 0 Å². The standard InChI is InChI=1S/C23H25FN6O2/c1-13-18(12-26-14(2)27-13)23(32)30-10-8-16(9-11-30)21-28-19(20(29-21)22(31)25-3)15-4-6-17(24)7-5-15/h4-7,12,16H,8-11H2,1-3H3,(H,25,31)(H,28,29). The fourth-order valence-corrected chi connectivity index (χ4v) is 4.01. The minimum absolute atomic E-state index is 0.0709. The number of nitrogens with one attached hydrogen (secondary N) is 2. The lowest BCUT2D eigenvalue weighted by atomic mass is 9.95. The molecule has 2 N–H and O–H groups in total. The highest BCUT2D eigenvalue weighted by molar-refractivity contribution is 5.98. The lowest BCUT2D eigenvalue weighted by molar-refractivity contribution is 0.0709. The van der Waals surface area contributed by atoms with E-state index in [2.05, 4.69) is 20.3 Å². The van der Waals surface area contributed by atoms with E-state index in [9.17, 15) is 14.0 Å². The number of piperidine rings is 1. The molecule has 1 aliphatic heterocycles. The minimum Gasteiger partial charge on any atom is -0.354 e. The number of rotatable bonds is 4. The zero-order chi connectivity index (χ0) is 22.8. The van der Waals surface area contributed by atoms with E-state index in [1.807, 2.05) is 6.92 Å². The van der Waals surface area contributed by atoms with Crippen LogP contribution in [0.5, 0.6) is 0 Å². The quantitative estimate of drug-likeness (QED) is 0.654. The van der Waals surface area contributed by atoms with Crippen molar-refractivity contribution >= 4 is 11.8 Å². The molecule has 8 nitrogen and oxygen atoms in total. The number of hydrogen-bond acceptors (Lipinski definition) is 5. The molecule has 3 heterocycles. The predicted molar refractivity (Wildman–Crippen MR) is 117 cm³/mol. The maximum atomic E-state index is 13.3. The fourth-order valence-electron chi connectivity index (χ4n) is 4.01. The Bertz CT molecular complexity index is 1150. The molecule has 2 aromatic heterocycles. The van der Waals surface area contributed by atoms with Gasteiger partial charge in [-0.25, -0.2) is 19.3 Å². The number of aromatic amines is 1. The molecule has 0 aliphatic carbocycles. The molecule has 4 rings (SSSR count). The molecule has 0 saturated carbocycles. The van der Waals surface area contributed by atoms with Crippen LogP contribution in [0.1, 0.15) is 56.9 Å². The molecule has 32 heavy (non-hydrogen) atoms. The second-order valence-electron chi connectivity index (χ2n) is 7.91. The maximum absolute atomic E-state index is 13.3. The molecular weight excluding hydrogens is 411 g/mol. The number of H-pyrrole nitrogens is 1. The van der Waals surface area contributed by atoms with Crippen molar-refractivity contribution in [2.45, 2.75) is 32.6 Å². The summed E-state index contributed by atoms with van der Waals surface area (Å²) in [7, 11) is 1.55. The largest absolute Gasteiger partial charge is 0.354 e. The van der Waals surface area contributed by atoms with E-state index in [4.69, 9.17) is 4.98 Å². The van der Waals surface area contributed by atoms with E-state index in [0.717, 1.165) is 0 Å². The molecule has 0 unspecified atom stereocenters. The summed E-state index contributed by atoms with van der Waals surface area (Å²) in [6.45, 7) is 4.75. The molecule has 3 aromatic rings. The average Bonchev–Trinajstić information content (AvgIpc) is 3.24. The van der Waals surface area contributed by atoms with Crippen LogP contribution in [0.3, 0.4) is 0 Å². The molecular formula is C23H25FN6O2. The van der Waals surface area contributed by atoms with Gasteiger partial charge in [0.05, 0.1) is 11.3 Å². The Kier molecular flexibility index (Phi) is 5.98. The van der Waals surface area contributed by atoms with Crippen LogP contribution in [-0.2, 0) is 0 Å². The number of carbonyl (C=O) groups excluding carboxylic acids is 2. The highest BCUT2D eigenvalue weighted by Gasteiger charge is 2.29. The summed E-state index contributed by atoms with van der Waals surface area (Å²) in [5.41, 5.74) is 2.70. The third kappa shape index (κ3) is 4.23. The van der Waals surface area contributed by atoms with Crippen LogP contribution in [0.4, 0.5) is 4.39 Å². The molecule has 1 aromatic carbocycles. The van der Waals surface area contributed by atoms with Gasteiger partial charge in [0.2, 0.25) is 0 Å². The van der Waals surface area contributed by atoms with Crippen LogP contribution in [-0.4, -0.2) is 56.8 Å². The van der Waals surface area contributed by atoms with Crippen LogP contribution in [0.25, 0.3) is 11.3 Å². The minimum atomic E-state index is -0.350. The summed E-state index contributed by atoms with van der Waals surface area (Å²) in [5.74, 6) is 0.706. The zero-order valence-electron chi connectivity index (χ0n) is 18.3. The Hall–Kier alpha value is -3.62. The van der Waals surface area contributed by atoms with Gasteiger partial charge in [-0.3, -0.25) is 9.59 Å². The van der Waals surface area contributed by atoms with Gasteiger partial charge in [0, 0.05) is 37.8 Å². The topological polar surface area (TPSA) is 104 Å². The van der Waals surface area contributed by atoms with Crippen molar-refractivity contribution in [3.8, 4) is 11.3 Å². The van der Waals surface area contributed by atoms with Crippen LogP contribution in [0, 0.1) is 19.7 Å². The third-order valence-corrected chi connectivity index (χ3v) is 5.79. The van der Waals surface area contributed by atoms with Gasteiger partial charge in [0.25, 0.3) is 11.8 Å². The van der Waals surface area contributed by atoms with Crippen molar-refractivity contribution in [3.63, 3.8) is 0 Å². The van der Waals surface area contributed by atoms with Crippen LogP contribution in [0.15, 0.2) is 30.5 Å². The van der Waals surface area contributed by atoms with E-state index >= 15 is 0 Å². The highest BCUT2D eigenvalue weighted by Crippen LogP contribution is 2.31. The third-order valence-electron chi connectivity index (χ3n) is 5.79. The van der Waals surface area contributed by atoms with Gasteiger partial charge in [-0.2, -0.15) is 0 Å². The summed E-state index contributed by atoms with van der Waals surface area (Å²) in [6.07, 6.45) is 3.01. The number of carbonyl (C=O) groups is 2. The number of amides is 2. The molecule has 1 fully saturated rings. The number of likely N-dealkylation sites (tertiary alicyclic amines) is 1. The van der Waals surface area contributed by atoms with Crippen molar-refractivity contribution < 1.29 is 14.0 Å². The molecule has 1 aliphatic rings. The van der Waals surface area contributed by atoms with Gasteiger partial charge in [-0.05, 0) is 51.0 Å². The van der Waals surface area contributed by atoms with E-state index in [0.29, 0.717) is 65.8 Å². The second kappa shape index (κ2) is 8.86. The number of nitrogens with zero attached hydrogens (tertiary/aromatic N) is 4. The Morgan fingerprint density at radius 3 is 2.44 bits per heavy atom. The molecule has 1 saturated heterocycles. The summed E-state index contributed by atoms with van der Waals surface area (Å²) >= 11 is 0. The summed E-state index contributed by atoms with van der Waals surface area (Å²) < 4.78 is 13.3. The molecule has 2 amide bonds. The fraction of sp³-hybridized carbons (Fsp3) is 0.348. The maximum Gasteiger partial charge on any atom is 0.269 e.